The largest absolute Gasteiger partial charge is 0.481 e. The summed E-state index contributed by atoms with van der Waals surface area (Å²) in [5.74, 6) is -0.142. The average Bonchev–Trinajstić information content (AvgIpc) is 2.62. The molecule has 1 N–H and O–H groups in total. The van der Waals surface area contributed by atoms with Crippen molar-refractivity contribution >= 4 is 15.8 Å². The zero-order valence-electron chi connectivity index (χ0n) is 10.3. The van der Waals surface area contributed by atoms with Gasteiger partial charge in [0.1, 0.15) is 0 Å². The molecule has 0 aromatic rings. The zero-order valence-corrected chi connectivity index (χ0v) is 11.1. The summed E-state index contributed by atoms with van der Waals surface area (Å²) in [5.41, 5.74) is 0. The van der Waals surface area contributed by atoms with Crippen LogP contribution in [-0.4, -0.2) is 55.5 Å². The summed E-state index contributed by atoms with van der Waals surface area (Å²) in [4.78, 5) is 12.6. The molecule has 6 heteroatoms. The fourth-order valence-electron chi connectivity index (χ4n) is 2.21. The van der Waals surface area contributed by atoms with Gasteiger partial charge in [0.05, 0.1) is 5.75 Å². The van der Waals surface area contributed by atoms with Crippen molar-refractivity contribution in [2.75, 3.05) is 31.1 Å². The van der Waals surface area contributed by atoms with Gasteiger partial charge in [-0.3, -0.25) is 4.79 Å². The number of rotatable bonds is 7. The summed E-state index contributed by atoms with van der Waals surface area (Å²) in [5, 5.41) is 8.67. The lowest BCUT2D eigenvalue weighted by Crippen LogP contribution is -2.28. The SMILES string of the molecule is CCCS(=O)(=O)CCN1CCC(CC(=O)O)C1. The van der Waals surface area contributed by atoms with Gasteiger partial charge in [0.15, 0.2) is 9.84 Å². The van der Waals surface area contributed by atoms with E-state index in [2.05, 4.69) is 4.90 Å². The number of carboxylic acids is 1. The Morgan fingerprint density at radius 3 is 2.71 bits per heavy atom. The Balaban J connectivity index is 2.29. The fraction of sp³-hybridized carbons (Fsp3) is 0.909. The van der Waals surface area contributed by atoms with Crippen LogP contribution in [0.2, 0.25) is 0 Å². The van der Waals surface area contributed by atoms with Gasteiger partial charge in [-0.25, -0.2) is 8.42 Å². The topological polar surface area (TPSA) is 74.7 Å². The third kappa shape index (κ3) is 5.50. The standard InChI is InChI=1S/C11H21NO4S/c1-2-6-17(15,16)7-5-12-4-3-10(9-12)8-11(13)14/h10H,2-9H2,1H3,(H,13,14). The first-order chi connectivity index (χ1) is 7.93. The first-order valence-corrected chi connectivity index (χ1v) is 7.89. The molecule has 1 fully saturated rings. The second kappa shape index (κ2) is 6.35. The summed E-state index contributed by atoms with van der Waals surface area (Å²) in [6.07, 6.45) is 1.71. The number of hydrogen-bond donors (Lipinski definition) is 1. The third-order valence-electron chi connectivity index (χ3n) is 3.07. The van der Waals surface area contributed by atoms with Gasteiger partial charge in [0.25, 0.3) is 0 Å². The van der Waals surface area contributed by atoms with E-state index in [9.17, 15) is 13.2 Å². The summed E-state index contributed by atoms with van der Waals surface area (Å²) in [6.45, 7) is 3.93. The van der Waals surface area contributed by atoms with Crippen molar-refractivity contribution in [2.45, 2.75) is 26.2 Å². The molecule has 0 spiro atoms. The predicted octanol–water partition coefficient (Wildman–Crippen LogP) is 0.608. The molecule has 0 aromatic heterocycles. The molecule has 1 heterocycles. The summed E-state index contributed by atoms with van der Waals surface area (Å²) < 4.78 is 23.1. The minimum Gasteiger partial charge on any atom is -0.481 e. The van der Waals surface area contributed by atoms with Crippen molar-refractivity contribution < 1.29 is 18.3 Å². The highest BCUT2D eigenvalue weighted by Crippen LogP contribution is 2.19. The molecule has 1 aliphatic rings. The molecular formula is C11H21NO4S. The minimum absolute atomic E-state index is 0.182. The Labute approximate surface area is 103 Å². The lowest BCUT2D eigenvalue weighted by Gasteiger charge is -2.15. The Morgan fingerprint density at radius 1 is 1.41 bits per heavy atom. The zero-order chi connectivity index (χ0) is 12.9. The smallest absolute Gasteiger partial charge is 0.303 e. The van der Waals surface area contributed by atoms with Crippen LogP contribution in [0.5, 0.6) is 0 Å². The second-order valence-corrected chi connectivity index (χ2v) is 7.01. The van der Waals surface area contributed by atoms with Crippen LogP contribution in [0.3, 0.4) is 0 Å². The van der Waals surface area contributed by atoms with E-state index in [1.165, 1.54) is 0 Å². The van der Waals surface area contributed by atoms with Gasteiger partial charge in [0, 0.05) is 25.3 Å². The lowest BCUT2D eigenvalue weighted by atomic mass is 10.1. The minimum atomic E-state index is -2.92. The van der Waals surface area contributed by atoms with Crippen LogP contribution >= 0.6 is 0 Å². The molecule has 1 saturated heterocycles. The molecule has 1 aliphatic heterocycles. The molecule has 0 aliphatic carbocycles. The van der Waals surface area contributed by atoms with Gasteiger partial charge in [-0.15, -0.1) is 0 Å². The lowest BCUT2D eigenvalue weighted by molar-refractivity contribution is -0.138. The monoisotopic (exact) mass is 263 g/mol. The van der Waals surface area contributed by atoms with Gasteiger partial charge < -0.3 is 10.0 Å². The van der Waals surface area contributed by atoms with Crippen molar-refractivity contribution in [3.05, 3.63) is 0 Å². The van der Waals surface area contributed by atoms with E-state index in [4.69, 9.17) is 5.11 Å². The van der Waals surface area contributed by atoms with E-state index in [-0.39, 0.29) is 23.8 Å². The first-order valence-electron chi connectivity index (χ1n) is 6.07. The molecule has 1 atom stereocenters. The number of hydrogen-bond acceptors (Lipinski definition) is 4. The van der Waals surface area contributed by atoms with E-state index >= 15 is 0 Å². The Bertz CT molecular complexity index is 352. The Kier molecular flexibility index (Phi) is 5.39. The van der Waals surface area contributed by atoms with Crippen molar-refractivity contribution in [1.82, 2.24) is 4.90 Å². The fourth-order valence-corrected chi connectivity index (χ4v) is 3.57. The molecule has 1 rings (SSSR count). The summed E-state index contributed by atoms with van der Waals surface area (Å²) in [6, 6.07) is 0. The molecule has 0 bridgehead atoms. The number of aliphatic carboxylic acids is 1. The molecule has 17 heavy (non-hydrogen) atoms. The van der Waals surface area contributed by atoms with Crippen LogP contribution in [0.25, 0.3) is 0 Å². The van der Waals surface area contributed by atoms with Crippen molar-refractivity contribution in [1.29, 1.82) is 0 Å². The van der Waals surface area contributed by atoms with Crippen LogP contribution in [-0.2, 0) is 14.6 Å². The van der Waals surface area contributed by atoms with Gasteiger partial charge in [-0.1, -0.05) is 6.92 Å². The maximum Gasteiger partial charge on any atom is 0.303 e. The van der Waals surface area contributed by atoms with E-state index in [0.29, 0.717) is 19.5 Å². The average molecular weight is 263 g/mol. The van der Waals surface area contributed by atoms with E-state index in [0.717, 1.165) is 13.0 Å². The normalized spacial score (nSPS) is 21.8. The second-order valence-electron chi connectivity index (χ2n) is 4.70. The van der Waals surface area contributed by atoms with Crippen LogP contribution in [0.4, 0.5) is 0 Å². The molecule has 0 saturated carbocycles. The van der Waals surface area contributed by atoms with Crippen LogP contribution in [0.15, 0.2) is 0 Å². The Morgan fingerprint density at radius 2 is 2.12 bits per heavy atom. The van der Waals surface area contributed by atoms with Crippen molar-refractivity contribution in [3.8, 4) is 0 Å². The maximum absolute atomic E-state index is 11.5. The molecule has 0 aromatic carbocycles. The number of nitrogens with zero attached hydrogens (tertiary/aromatic N) is 1. The number of likely N-dealkylation sites (tertiary alicyclic amines) is 1. The van der Waals surface area contributed by atoms with Crippen molar-refractivity contribution in [2.24, 2.45) is 5.92 Å². The summed E-state index contributed by atoms with van der Waals surface area (Å²) in [7, 11) is -2.92. The molecule has 0 amide bonds. The van der Waals surface area contributed by atoms with E-state index in [1.54, 1.807) is 0 Å². The van der Waals surface area contributed by atoms with Gasteiger partial charge in [0.2, 0.25) is 0 Å². The van der Waals surface area contributed by atoms with E-state index in [1.807, 2.05) is 6.92 Å². The first kappa shape index (κ1) is 14.4. The van der Waals surface area contributed by atoms with Gasteiger partial charge in [-0.2, -0.15) is 0 Å². The quantitative estimate of drug-likeness (QED) is 0.728. The highest BCUT2D eigenvalue weighted by atomic mass is 32.2. The highest BCUT2D eigenvalue weighted by Gasteiger charge is 2.25. The molecular weight excluding hydrogens is 242 g/mol. The molecule has 5 nitrogen and oxygen atoms in total. The van der Waals surface area contributed by atoms with Gasteiger partial charge >= 0.3 is 5.97 Å². The van der Waals surface area contributed by atoms with Crippen molar-refractivity contribution in [3.63, 3.8) is 0 Å². The van der Waals surface area contributed by atoms with Crippen LogP contribution in [0.1, 0.15) is 26.2 Å². The highest BCUT2D eigenvalue weighted by molar-refractivity contribution is 7.91. The van der Waals surface area contributed by atoms with Gasteiger partial charge in [-0.05, 0) is 25.3 Å². The van der Waals surface area contributed by atoms with Crippen LogP contribution < -0.4 is 0 Å². The number of sulfone groups is 1. The molecule has 0 radical (unpaired) electrons. The number of carboxylic acid groups (broad SMARTS) is 1. The molecule has 100 valence electrons. The Hall–Kier alpha value is -0.620. The maximum atomic E-state index is 11.5. The number of carbonyl (C=O) groups is 1. The predicted molar refractivity (Wildman–Crippen MR) is 65.7 cm³/mol. The van der Waals surface area contributed by atoms with Crippen LogP contribution in [0, 0.1) is 5.92 Å². The summed E-state index contributed by atoms with van der Waals surface area (Å²) >= 11 is 0. The third-order valence-corrected chi connectivity index (χ3v) is 4.90. The molecule has 1 unspecified atom stereocenters. The van der Waals surface area contributed by atoms with E-state index < -0.39 is 15.8 Å².